The number of methoxy groups -OCH3 is 1. The van der Waals surface area contributed by atoms with E-state index in [2.05, 4.69) is 20.7 Å². The molecule has 0 saturated carbocycles. The predicted molar refractivity (Wildman–Crippen MR) is 119 cm³/mol. The van der Waals surface area contributed by atoms with E-state index < -0.39 is 11.7 Å². The number of hydrogen-bond acceptors (Lipinski definition) is 6. The van der Waals surface area contributed by atoms with Crippen molar-refractivity contribution >= 4 is 33.8 Å². The molecule has 0 bridgehead atoms. The average Bonchev–Trinajstić information content (AvgIpc) is 3.46. The van der Waals surface area contributed by atoms with Crippen molar-refractivity contribution in [3.05, 3.63) is 83.0 Å². The van der Waals surface area contributed by atoms with Gasteiger partial charge in [-0.2, -0.15) is 5.10 Å². The lowest BCUT2D eigenvalue weighted by Crippen LogP contribution is -2.12. The van der Waals surface area contributed by atoms with Crippen LogP contribution in [0.2, 0.25) is 0 Å². The maximum Gasteiger partial charge on any atom is 0.265 e. The molecular formula is C22H18FN5O3S. The highest BCUT2D eigenvalue weighted by molar-refractivity contribution is 7.18. The van der Waals surface area contributed by atoms with Crippen LogP contribution in [0.1, 0.15) is 25.6 Å². The number of ether oxygens (including phenoxy) is 1. The summed E-state index contributed by atoms with van der Waals surface area (Å²) in [7, 11) is 1.56. The van der Waals surface area contributed by atoms with Crippen LogP contribution in [0.15, 0.2) is 61.2 Å². The minimum atomic E-state index is -0.553. The van der Waals surface area contributed by atoms with E-state index in [0.717, 1.165) is 16.9 Å². The van der Waals surface area contributed by atoms with E-state index in [1.165, 1.54) is 29.5 Å². The Morgan fingerprint density at radius 3 is 2.59 bits per heavy atom. The topological polar surface area (TPSA) is 98.1 Å². The minimum Gasteiger partial charge on any atom is -0.497 e. The Labute approximate surface area is 186 Å². The van der Waals surface area contributed by atoms with Crippen LogP contribution in [-0.2, 0) is 0 Å². The second-order valence-corrected chi connectivity index (χ2v) is 7.84. The summed E-state index contributed by atoms with van der Waals surface area (Å²) in [4.78, 5) is 29.3. The summed E-state index contributed by atoms with van der Waals surface area (Å²) in [6, 6.07) is 12.7. The van der Waals surface area contributed by atoms with Crippen molar-refractivity contribution in [1.82, 2.24) is 14.8 Å². The smallest absolute Gasteiger partial charge is 0.265 e. The summed E-state index contributed by atoms with van der Waals surface area (Å²) in [5, 5.41) is 9.85. The van der Waals surface area contributed by atoms with Crippen molar-refractivity contribution in [2.24, 2.45) is 0 Å². The third-order valence-electron chi connectivity index (χ3n) is 4.62. The number of carbonyl (C=O) groups excluding carboxylic acids is 2. The molecule has 0 aliphatic heterocycles. The van der Waals surface area contributed by atoms with Gasteiger partial charge >= 0.3 is 0 Å². The highest BCUT2D eigenvalue weighted by Gasteiger charge is 2.15. The van der Waals surface area contributed by atoms with Crippen LogP contribution < -0.4 is 15.4 Å². The van der Waals surface area contributed by atoms with Gasteiger partial charge in [-0.05, 0) is 61.0 Å². The molecular weight excluding hydrogens is 433 g/mol. The molecule has 0 fully saturated rings. The number of carbonyl (C=O) groups is 2. The Kier molecular flexibility index (Phi) is 5.95. The van der Waals surface area contributed by atoms with E-state index >= 15 is 0 Å². The van der Waals surface area contributed by atoms with E-state index in [4.69, 9.17) is 4.74 Å². The first-order valence-electron chi connectivity index (χ1n) is 9.46. The van der Waals surface area contributed by atoms with Crippen LogP contribution in [0.25, 0.3) is 5.69 Å². The van der Waals surface area contributed by atoms with Gasteiger partial charge in [-0.1, -0.05) is 0 Å². The van der Waals surface area contributed by atoms with Crippen LogP contribution >= 0.6 is 11.3 Å². The number of rotatable bonds is 6. The lowest BCUT2D eigenvalue weighted by atomic mass is 10.1. The molecule has 0 spiro atoms. The molecule has 32 heavy (non-hydrogen) atoms. The van der Waals surface area contributed by atoms with Crippen molar-refractivity contribution in [2.45, 2.75) is 6.92 Å². The van der Waals surface area contributed by atoms with Gasteiger partial charge < -0.3 is 15.4 Å². The fourth-order valence-electron chi connectivity index (χ4n) is 3.02. The predicted octanol–water partition coefficient (Wildman–Crippen LogP) is 4.29. The van der Waals surface area contributed by atoms with Crippen molar-refractivity contribution < 1.29 is 18.7 Å². The van der Waals surface area contributed by atoms with E-state index in [1.54, 1.807) is 43.5 Å². The highest BCUT2D eigenvalue weighted by atomic mass is 32.1. The lowest BCUT2D eigenvalue weighted by molar-refractivity contribution is 0.101. The van der Waals surface area contributed by atoms with Crippen LogP contribution in [0.5, 0.6) is 5.75 Å². The number of anilines is 2. The molecule has 2 aromatic heterocycles. The molecule has 0 aliphatic carbocycles. The quantitative estimate of drug-likeness (QED) is 0.456. The summed E-state index contributed by atoms with van der Waals surface area (Å²) in [6.07, 6.45) is 2.68. The second-order valence-electron chi connectivity index (χ2n) is 6.76. The van der Waals surface area contributed by atoms with Gasteiger partial charge in [0.15, 0.2) is 5.82 Å². The number of halogens is 1. The van der Waals surface area contributed by atoms with E-state index in [1.807, 2.05) is 6.92 Å². The van der Waals surface area contributed by atoms with Crippen LogP contribution in [0, 0.1) is 12.7 Å². The number of thiophene rings is 1. The lowest BCUT2D eigenvalue weighted by Gasteiger charge is -2.08. The third kappa shape index (κ3) is 4.49. The molecule has 2 heterocycles. The fourth-order valence-corrected chi connectivity index (χ4v) is 3.82. The third-order valence-corrected chi connectivity index (χ3v) is 5.62. The monoisotopic (exact) mass is 451 g/mol. The molecule has 0 saturated heterocycles. The Balaban J connectivity index is 1.43. The zero-order chi connectivity index (χ0) is 22.7. The van der Waals surface area contributed by atoms with Gasteiger partial charge in [0, 0.05) is 11.3 Å². The van der Waals surface area contributed by atoms with Crippen molar-refractivity contribution in [3.8, 4) is 11.4 Å². The first-order valence-corrected chi connectivity index (χ1v) is 10.3. The molecule has 2 N–H and O–H groups in total. The number of aryl methyl sites for hydroxylation is 1. The molecule has 0 unspecified atom stereocenters. The number of amides is 2. The molecule has 4 aromatic rings. The molecule has 2 aromatic carbocycles. The Hall–Kier alpha value is -4.05. The number of aromatic nitrogens is 3. The van der Waals surface area contributed by atoms with Gasteiger partial charge in [0.05, 0.1) is 17.0 Å². The van der Waals surface area contributed by atoms with Gasteiger partial charge in [-0.3, -0.25) is 9.59 Å². The Morgan fingerprint density at radius 1 is 1.06 bits per heavy atom. The number of hydrogen-bond donors (Lipinski definition) is 2. The molecule has 0 radical (unpaired) electrons. The standard InChI is InChI=1S/C22H18FN5O3S/c1-13-9-15(31-2)4-5-16(13)21(29)27-20-8-7-19(32-20)22(30)26-14-3-6-18(17(23)10-14)28-12-24-11-25-28/h3-12H,1-2H3,(H,26,30)(H,27,29). The van der Waals surface area contributed by atoms with Crippen molar-refractivity contribution in [1.29, 1.82) is 0 Å². The van der Waals surface area contributed by atoms with Crippen molar-refractivity contribution in [2.75, 3.05) is 17.7 Å². The summed E-state index contributed by atoms with van der Waals surface area (Å²) in [5.74, 6) is -0.587. The maximum atomic E-state index is 14.4. The van der Waals surface area contributed by atoms with Gasteiger partial charge in [-0.15, -0.1) is 11.3 Å². The molecule has 4 rings (SSSR count). The van der Waals surface area contributed by atoms with E-state index in [9.17, 15) is 14.0 Å². The van der Waals surface area contributed by atoms with Crippen LogP contribution in [-0.4, -0.2) is 33.7 Å². The molecule has 0 atom stereocenters. The maximum absolute atomic E-state index is 14.4. The number of nitrogens with one attached hydrogen (secondary N) is 2. The first-order chi connectivity index (χ1) is 15.4. The number of nitrogens with zero attached hydrogens (tertiary/aromatic N) is 3. The molecule has 162 valence electrons. The number of benzene rings is 2. The Morgan fingerprint density at radius 2 is 1.91 bits per heavy atom. The fraction of sp³-hybridized carbons (Fsp3) is 0.0909. The summed E-state index contributed by atoms with van der Waals surface area (Å²) in [5.41, 5.74) is 1.79. The van der Waals surface area contributed by atoms with Gasteiger partial charge in [-0.25, -0.2) is 14.1 Å². The zero-order valence-corrected chi connectivity index (χ0v) is 17.9. The first kappa shape index (κ1) is 21.2. The normalized spacial score (nSPS) is 10.6. The molecule has 10 heteroatoms. The SMILES string of the molecule is COc1ccc(C(=O)Nc2ccc(C(=O)Nc3ccc(-n4cncn4)c(F)c3)s2)c(C)c1. The summed E-state index contributed by atoms with van der Waals surface area (Å²) < 4.78 is 20.8. The van der Waals surface area contributed by atoms with E-state index in [0.29, 0.717) is 26.9 Å². The largest absolute Gasteiger partial charge is 0.497 e. The molecule has 0 aliphatic rings. The van der Waals surface area contributed by atoms with E-state index in [-0.39, 0.29) is 11.6 Å². The Bertz CT molecular complexity index is 1290. The molecule has 2 amide bonds. The van der Waals surface area contributed by atoms with Crippen LogP contribution in [0.4, 0.5) is 15.1 Å². The van der Waals surface area contributed by atoms with Gasteiger partial charge in [0.2, 0.25) is 0 Å². The summed E-state index contributed by atoms with van der Waals surface area (Å²) in [6.45, 7) is 1.82. The second kappa shape index (κ2) is 8.98. The minimum absolute atomic E-state index is 0.218. The van der Waals surface area contributed by atoms with Crippen molar-refractivity contribution in [3.63, 3.8) is 0 Å². The van der Waals surface area contributed by atoms with Gasteiger partial charge in [0.1, 0.15) is 24.1 Å². The average molecular weight is 451 g/mol. The van der Waals surface area contributed by atoms with Crippen LogP contribution in [0.3, 0.4) is 0 Å². The molecule has 8 nitrogen and oxygen atoms in total. The zero-order valence-electron chi connectivity index (χ0n) is 17.1. The summed E-state index contributed by atoms with van der Waals surface area (Å²) >= 11 is 1.12. The highest BCUT2D eigenvalue weighted by Crippen LogP contribution is 2.25. The van der Waals surface area contributed by atoms with Gasteiger partial charge in [0.25, 0.3) is 11.8 Å².